The van der Waals surface area contributed by atoms with Gasteiger partial charge in [-0.05, 0) is 31.5 Å². The van der Waals surface area contributed by atoms with Crippen molar-refractivity contribution in [3.8, 4) is 0 Å². The average Bonchev–Trinajstić information content (AvgIpc) is 3.12. The average molecular weight is 298 g/mol. The van der Waals surface area contributed by atoms with Crippen LogP contribution < -0.4 is 0 Å². The van der Waals surface area contributed by atoms with Crippen LogP contribution in [-0.2, 0) is 13.1 Å². The Hall–Kier alpha value is -1.72. The molecule has 1 unspecified atom stereocenters. The predicted molar refractivity (Wildman–Crippen MR) is 85.4 cm³/mol. The van der Waals surface area contributed by atoms with Crippen LogP contribution in [0, 0.1) is 6.92 Å². The quantitative estimate of drug-likeness (QED) is 0.727. The maximum atomic E-state index is 4.43. The second kappa shape index (κ2) is 4.93. The molecule has 1 aliphatic rings. The lowest BCUT2D eigenvalue weighted by Gasteiger charge is -2.33. The van der Waals surface area contributed by atoms with Crippen LogP contribution in [0.15, 0.2) is 29.9 Å². The Morgan fingerprint density at radius 1 is 1.24 bits per heavy atom. The molecule has 0 radical (unpaired) electrons. The van der Waals surface area contributed by atoms with Gasteiger partial charge < -0.3 is 4.57 Å². The minimum atomic E-state index is 0.403. The van der Waals surface area contributed by atoms with Crippen molar-refractivity contribution in [2.45, 2.75) is 33.0 Å². The first-order valence-electron chi connectivity index (χ1n) is 7.30. The van der Waals surface area contributed by atoms with Crippen molar-refractivity contribution < 1.29 is 0 Å². The predicted octanol–water partition coefficient (Wildman–Crippen LogP) is 3.38. The van der Waals surface area contributed by atoms with E-state index in [1.807, 2.05) is 11.7 Å². The smallest absolute Gasteiger partial charge is 0.105 e. The number of hydrogen-bond donors (Lipinski definition) is 0. The fraction of sp³-hybridized carbons (Fsp3) is 0.375. The Kier molecular flexibility index (Phi) is 3.05. The van der Waals surface area contributed by atoms with Gasteiger partial charge in [-0.3, -0.25) is 4.90 Å². The Morgan fingerprint density at radius 2 is 2.14 bits per heavy atom. The molecule has 4 rings (SSSR count). The number of imidazole rings is 1. The number of nitrogens with zero attached hydrogens (tertiary/aromatic N) is 4. The summed E-state index contributed by atoms with van der Waals surface area (Å²) in [5.41, 5.74) is 5.70. The molecule has 108 valence electrons. The SMILES string of the molecule is Cc1ncc2n1CCN(C(C)c1ccc3scnc3c1)C2. The first kappa shape index (κ1) is 13.0. The molecule has 0 saturated carbocycles. The summed E-state index contributed by atoms with van der Waals surface area (Å²) in [6.45, 7) is 7.44. The van der Waals surface area contributed by atoms with Gasteiger partial charge in [0.15, 0.2) is 0 Å². The van der Waals surface area contributed by atoms with Crippen LogP contribution in [0.3, 0.4) is 0 Å². The lowest BCUT2D eigenvalue weighted by Crippen LogP contribution is -2.35. The molecule has 0 saturated heterocycles. The molecule has 2 aromatic heterocycles. The van der Waals surface area contributed by atoms with Gasteiger partial charge in [-0.2, -0.15) is 0 Å². The van der Waals surface area contributed by atoms with E-state index in [0.717, 1.165) is 31.0 Å². The number of hydrogen-bond acceptors (Lipinski definition) is 4. The Morgan fingerprint density at radius 3 is 3.05 bits per heavy atom. The third-order valence-electron chi connectivity index (χ3n) is 4.50. The van der Waals surface area contributed by atoms with Crippen molar-refractivity contribution >= 4 is 21.6 Å². The largest absolute Gasteiger partial charge is 0.330 e. The van der Waals surface area contributed by atoms with E-state index in [1.165, 1.54) is 16.0 Å². The standard InChI is InChI=1S/C16H18N4S/c1-11(13-3-4-16-15(7-13)18-10-21-16)19-5-6-20-12(2)17-8-14(20)9-19/h3-4,7-8,10-11H,5-6,9H2,1-2H3. The number of aromatic nitrogens is 3. The number of fused-ring (bicyclic) bond motifs is 2. The summed E-state index contributed by atoms with van der Waals surface area (Å²) in [6.07, 6.45) is 2.01. The van der Waals surface area contributed by atoms with Crippen molar-refractivity contribution in [1.29, 1.82) is 0 Å². The molecule has 5 heteroatoms. The summed E-state index contributed by atoms with van der Waals surface area (Å²) in [5.74, 6) is 1.13. The maximum Gasteiger partial charge on any atom is 0.105 e. The van der Waals surface area contributed by atoms with Crippen molar-refractivity contribution in [1.82, 2.24) is 19.4 Å². The van der Waals surface area contributed by atoms with Crippen molar-refractivity contribution in [3.05, 3.63) is 47.0 Å². The zero-order valence-corrected chi connectivity index (χ0v) is 13.1. The zero-order valence-electron chi connectivity index (χ0n) is 12.3. The van der Waals surface area contributed by atoms with Gasteiger partial charge in [0.1, 0.15) is 5.82 Å². The molecule has 0 aliphatic carbocycles. The fourth-order valence-corrected chi connectivity index (χ4v) is 3.80. The van der Waals surface area contributed by atoms with Gasteiger partial charge in [0.25, 0.3) is 0 Å². The van der Waals surface area contributed by atoms with Crippen LogP contribution in [0.4, 0.5) is 0 Å². The highest BCUT2D eigenvalue weighted by Gasteiger charge is 2.23. The molecule has 3 aromatic rings. The van der Waals surface area contributed by atoms with E-state index in [9.17, 15) is 0 Å². The minimum Gasteiger partial charge on any atom is -0.330 e. The molecular formula is C16H18N4S. The summed E-state index contributed by atoms with van der Waals surface area (Å²) < 4.78 is 3.59. The summed E-state index contributed by atoms with van der Waals surface area (Å²) >= 11 is 1.70. The molecule has 0 amide bonds. The Bertz CT molecular complexity index is 789. The molecule has 1 aromatic carbocycles. The second-order valence-electron chi connectivity index (χ2n) is 5.67. The van der Waals surface area contributed by atoms with Gasteiger partial charge >= 0.3 is 0 Å². The van der Waals surface area contributed by atoms with Gasteiger partial charge in [0.05, 0.1) is 21.4 Å². The van der Waals surface area contributed by atoms with Crippen LogP contribution in [0.25, 0.3) is 10.2 Å². The van der Waals surface area contributed by atoms with Crippen LogP contribution in [0.5, 0.6) is 0 Å². The molecule has 1 aliphatic heterocycles. The zero-order chi connectivity index (χ0) is 14.4. The summed E-state index contributed by atoms with van der Waals surface area (Å²) in [4.78, 5) is 11.4. The molecule has 1 atom stereocenters. The lowest BCUT2D eigenvalue weighted by atomic mass is 10.1. The van der Waals surface area contributed by atoms with Gasteiger partial charge in [-0.25, -0.2) is 9.97 Å². The molecule has 0 spiro atoms. The summed E-state index contributed by atoms with van der Waals surface area (Å²) in [6, 6.07) is 7.06. The summed E-state index contributed by atoms with van der Waals surface area (Å²) in [7, 11) is 0. The van der Waals surface area contributed by atoms with Crippen molar-refractivity contribution in [2.75, 3.05) is 6.54 Å². The van der Waals surface area contributed by atoms with E-state index >= 15 is 0 Å². The number of benzene rings is 1. The monoisotopic (exact) mass is 298 g/mol. The topological polar surface area (TPSA) is 34.0 Å². The molecule has 0 fully saturated rings. The maximum absolute atomic E-state index is 4.43. The highest BCUT2D eigenvalue weighted by atomic mass is 32.1. The van der Waals surface area contributed by atoms with E-state index in [4.69, 9.17) is 0 Å². The molecule has 0 bridgehead atoms. The normalized spacial score (nSPS) is 17.0. The lowest BCUT2D eigenvalue weighted by molar-refractivity contribution is 0.166. The first-order chi connectivity index (χ1) is 10.2. The highest BCUT2D eigenvalue weighted by Crippen LogP contribution is 2.28. The molecular weight excluding hydrogens is 280 g/mol. The minimum absolute atomic E-state index is 0.403. The van der Waals surface area contributed by atoms with E-state index in [2.05, 4.69) is 51.5 Å². The van der Waals surface area contributed by atoms with Gasteiger partial charge in [-0.15, -0.1) is 11.3 Å². The van der Waals surface area contributed by atoms with Crippen molar-refractivity contribution in [2.24, 2.45) is 0 Å². The number of rotatable bonds is 2. The molecule has 4 nitrogen and oxygen atoms in total. The second-order valence-corrected chi connectivity index (χ2v) is 6.56. The van der Waals surface area contributed by atoms with Gasteiger partial charge in [0.2, 0.25) is 0 Å². The van der Waals surface area contributed by atoms with Gasteiger partial charge in [-0.1, -0.05) is 6.07 Å². The van der Waals surface area contributed by atoms with Gasteiger partial charge in [0, 0.05) is 31.9 Å². The summed E-state index contributed by atoms with van der Waals surface area (Å²) in [5, 5.41) is 0. The third kappa shape index (κ3) is 2.17. The molecule has 21 heavy (non-hydrogen) atoms. The number of aryl methyl sites for hydroxylation is 1. The van der Waals surface area contributed by atoms with Crippen LogP contribution in [0.1, 0.15) is 30.0 Å². The van der Waals surface area contributed by atoms with E-state index in [1.54, 1.807) is 11.3 Å². The van der Waals surface area contributed by atoms with Crippen LogP contribution in [-0.4, -0.2) is 26.0 Å². The van der Waals surface area contributed by atoms with Crippen molar-refractivity contribution in [3.63, 3.8) is 0 Å². The third-order valence-corrected chi connectivity index (χ3v) is 5.31. The fourth-order valence-electron chi connectivity index (χ4n) is 3.14. The van der Waals surface area contributed by atoms with Crippen LogP contribution >= 0.6 is 11.3 Å². The molecule has 3 heterocycles. The van der Waals surface area contributed by atoms with E-state index in [-0.39, 0.29) is 0 Å². The Balaban J connectivity index is 1.61. The van der Waals surface area contributed by atoms with E-state index in [0.29, 0.717) is 6.04 Å². The Labute approximate surface area is 128 Å². The van der Waals surface area contributed by atoms with E-state index < -0.39 is 0 Å². The van der Waals surface area contributed by atoms with Crippen LogP contribution in [0.2, 0.25) is 0 Å². The highest BCUT2D eigenvalue weighted by molar-refractivity contribution is 7.16. The molecule has 0 N–H and O–H groups in total. The first-order valence-corrected chi connectivity index (χ1v) is 8.18. The number of thiazole rings is 1.